The summed E-state index contributed by atoms with van der Waals surface area (Å²) in [5.41, 5.74) is 2.62. The molecule has 1 aromatic carbocycles. The van der Waals surface area contributed by atoms with Crippen LogP contribution >= 0.6 is 0 Å². The molecule has 2 saturated heterocycles. The van der Waals surface area contributed by atoms with E-state index in [4.69, 9.17) is 0 Å². The number of nitrogens with one attached hydrogen (secondary N) is 1. The monoisotopic (exact) mass is 329 g/mol. The fourth-order valence-electron chi connectivity index (χ4n) is 4.11. The predicted octanol–water partition coefficient (Wildman–Crippen LogP) is 2.21. The molecule has 1 N–H and O–H groups in total. The second kappa shape index (κ2) is 8.13. The molecule has 24 heavy (non-hydrogen) atoms. The molecule has 2 fully saturated rings. The summed E-state index contributed by atoms with van der Waals surface area (Å²) in [5, 5.41) is 3.14. The van der Waals surface area contributed by atoms with Gasteiger partial charge in [-0.25, -0.2) is 0 Å². The van der Waals surface area contributed by atoms with Gasteiger partial charge < -0.3 is 5.32 Å². The van der Waals surface area contributed by atoms with E-state index in [1.807, 2.05) is 0 Å². The normalized spacial score (nSPS) is 23.5. The fraction of sp³-hybridized carbons (Fsp3) is 0.650. The molecule has 4 heteroatoms. The van der Waals surface area contributed by atoms with Gasteiger partial charge in [0.25, 0.3) is 0 Å². The molecule has 1 amide bonds. The molecule has 132 valence electrons. The number of benzene rings is 1. The van der Waals surface area contributed by atoms with Gasteiger partial charge in [0, 0.05) is 25.7 Å². The summed E-state index contributed by atoms with van der Waals surface area (Å²) in [6.45, 7) is 9.44. The molecule has 0 spiro atoms. The molecule has 0 bridgehead atoms. The van der Waals surface area contributed by atoms with Crippen molar-refractivity contribution in [2.24, 2.45) is 0 Å². The maximum absolute atomic E-state index is 12.6. The van der Waals surface area contributed by atoms with Gasteiger partial charge in [0.1, 0.15) is 0 Å². The first-order chi connectivity index (χ1) is 11.6. The SMILES string of the molecule is Cc1ccccc1CCNC(=O)C(C)N1CCCN2CCCC2C1. The zero-order valence-corrected chi connectivity index (χ0v) is 15.1. The van der Waals surface area contributed by atoms with Crippen LogP contribution in [0, 0.1) is 6.92 Å². The van der Waals surface area contributed by atoms with Crippen LogP contribution in [0.4, 0.5) is 0 Å². The van der Waals surface area contributed by atoms with Crippen molar-refractivity contribution in [2.75, 3.05) is 32.7 Å². The van der Waals surface area contributed by atoms with Gasteiger partial charge in [0.15, 0.2) is 0 Å². The lowest BCUT2D eigenvalue weighted by molar-refractivity contribution is -0.125. The molecule has 2 unspecified atom stereocenters. The molecule has 0 aliphatic carbocycles. The largest absolute Gasteiger partial charge is 0.354 e. The molecule has 0 saturated carbocycles. The molecule has 2 aliphatic rings. The van der Waals surface area contributed by atoms with Crippen molar-refractivity contribution in [2.45, 2.75) is 51.6 Å². The highest BCUT2D eigenvalue weighted by atomic mass is 16.2. The molecule has 2 aliphatic heterocycles. The maximum atomic E-state index is 12.6. The first kappa shape index (κ1) is 17.4. The number of carbonyl (C=O) groups excluding carboxylic acids is 1. The Morgan fingerprint density at radius 3 is 2.88 bits per heavy atom. The zero-order chi connectivity index (χ0) is 16.9. The summed E-state index contributed by atoms with van der Waals surface area (Å²) in [7, 11) is 0. The van der Waals surface area contributed by atoms with Gasteiger partial charge in [-0.05, 0) is 63.7 Å². The Hall–Kier alpha value is -1.39. The van der Waals surface area contributed by atoms with Crippen molar-refractivity contribution >= 4 is 5.91 Å². The Balaban J connectivity index is 1.48. The maximum Gasteiger partial charge on any atom is 0.237 e. The topological polar surface area (TPSA) is 35.6 Å². The lowest BCUT2D eigenvalue weighted by Crippen LogP contribution is -2.48. The van der Waals surface area contributed by atoms with Gasteiger partial charge in [-0.2, -0.15) is 0 Å². The molecule has 2 atom stereocenters. The van der Waals surface area contributed by atoms with Crippen LogP contribution in [-0.2, 0) is 11.2 Å². The van der Waals surface area contributed by atoms with E-state index < -0.39 is 0 Å². The molecule has 3 rings (SSSR count). The van der Waals surface area contributed by atoms with E-state index in [0.29, 0.717) is 6.04 Å². The Labute approximate surface area is 146 Å². The molecule has 0 radical (unpaired) electrons. The van der Waals surface area contributed by atoms with Crippen molar-refractivity contribution < 1.29 is 4.79 Å². The number of aryl methyl sites for hydroxylation is 1. The lowest BCUT2D eigenvalue weighted by atomic mass is 10.1. The third-order valence-electron chi connectivity index (χ3n) is 5.72. The highest BCUT2D eigenvalue weighted by Gasteiger charge is 2.32. The Morgan fingerprint density at radius 1 is 1.25 bits per heavy atom. The summed E-state index contributed by atoms with van der Waals surface area (Å²) in [6.07, 6.45) is 4.69. The van der Waals surface area contributed by atoms with Crippen molar-refractivity contribution in [1.82, 2.24) is 15.1 Å². The van der Waals surface area contributed by atoms with Crippen LogP contribution in [0.15, 0.2) is 24.3 Å². The number of hydrogen-bond acceptors (Lipinski definition) is 3. The fourth-order valence-corrected chi connectivity index (χ4v) is 4.11. The number of amides is 1. The van der Waals surface area contributed by atoms with Crippen LogP contribution in [-0.4, -0.2) is 60.5 Å². The molecule has 4 nitrogen and oxygen atoms in total. The smallest absolute Gasteiger partial charge is 0.237 e. The number of fused-ring (bicyclic) bond motifs is 1. The van der Waals surface area contributed by atoms with Crippen LogP contribution in [0.3, 0.4) is 0 Å². The average Bonchev–Trinajstić information content (AvgIpc) is 2.92. The highest BCUT2D eigenvalue weighted by molar-refractivity contribution is 5.81. The van der Waals surface area contributed by atoms with Crippen molar-refractivity contribution in [3.63, 3.8) is 0 Å². The van der Waals surface area contributed by atoms with Gasteiger partial charge in [-0.15, -0.1) is 0 Å². The van der Waals surface area contributed by atoms with Crippen LogP contribution in [0.2, 0.25) is 0 Å². The van der Waals surface area contributed by atoms with Gasteiger partial charge in [0.05, 0.1) is 6.04 Å². The van der Waals surface area contributed by atoms with E-state index in [9.17, 15) is 4.79 Å². The van der Waals surface area contributed by atoms with Gasteiger partial charge >= 0.3 is 0 Å². The predicted molar refractivity (Wildman–Crippen MR) is 98.1 cm³/mol. The van der Waals surface area contributed by atoms with Gasteiger partial charge in [-0.3, -0.25) is 14.6 Å². The zero-order valence-electron chi connectivity index (χ0n) is 15.1. The van der Waals surface area contributed by atoms with E-state index in [-0.39, 0.29) is 11.9 Å². The molecule has 1 aromatic rings. The minimum atomic E-state index is -0.0255. The van der Waals surface area contributed by atoms with Crippen molar-refractivity contribution in [3.05, 3.63) is 35.4 Å². The Kier molecular flexibility index (Phi) is 5.90. The summed E-state index contributed by atoms with van der Waals surface area (Å²) < 4.78 is 0. The van der Waals surface area contributed by atoms with Gasteiger partial charge in [0.2, 0.25) is 5.91 Å². The van der Waals surface area contributed by atoms with E-state index in [1.165, 1.54) is 43.5 Å². The van der Waals surface area contributed by atoms with E-state index >= 15 is 0 Å². The number of rotatable bonds is 5. The molecule has 2 heterocycles. The standard InChI is InChI=1S/C20H31N3O/c1-16-7-3-4-8-18(16)10-11-21-20(24)17(2)23-14-6-13-22-12-5-9-19(22)15-23/h3-4,7-8,17,19H,5-6,9-15H2,1-2H3,(H,21,24). The third kappa shape index (κ3) is 4.17. The highest BCUT2D eigenvalue weighted by Crippen LogP contribution is 2.22. The molecular formula is C20H31N3O. The summed E-state index contributed by atoms with van der Waals surface area (Å²) >= 11 is 0. The van der Waals surface area contributed by atoms with Crippen LogP contribution < -0.4 is 5.32 Å². The Bertz CT molecular complexity index is 560. The second-order valence-electron chi connectivity index (χ2n) is 7.32. The first-order valence-corrected chi connectivity index (χ1v) is 9.45. The van der Waals surface area contributed by atoms with Crippen LogP contribution in [0.5, 0.6) is 0 Å². The lowest BCUT2D eigenvalue weighted by Gasteiger charge is -2.29. The molecular weight excluding hydrogens is 298 g/mol. The van der Waals surface area contributed by atoms with Crippen LogP contribution in [0.1, 0.15) is 37.3 Å². The summed E-state index contributed by atoms with van der Waals surface area (Å²) in [4.78, 5) is 17.6. The minimum Gasteiger partial charge on any atom is -0.354 e. The number of carbonyl (C=O) groups is 1. The van der Waals surface area contributed by atoms with E-state index in [2.05, 4.69) is 53.2 Å². The van der Waals surface area contributed by atoms with Crippen LogP contribution in [0.25, 0.3) is 0 Å². The minimum absolute atomic E-state index is 0.0255. The summed E-state index contributed by atoms with van der Waals surface area (Å²) in [5.74, 6) is 0.176. The summed E-state index contributed by atoms with van der Waals surface area (Å²) in [6, 6.07) is 9.04. The van der Waals surface area contributed by atoms with E-state index in [1.54, 1.807) is 0 Å². The molecule has 0 aromatic heterocycles. The van der Waals surface area contributed by atoms with Gasteiger partial charge in [-0.1, -0.05) is 24.3 Å². The third-order valence-corrected chi connectivity index (χ3v) is 5.72. The van der Waals surface area contributed by atoms with Crippen molar-refractivity contribution in [1.29, 1.82) is 0 Å². The first-order valence-electron chi connectivity index (χ1n) is 9.45. The number of hydrogen-bond donors (Lipinski definition) is 1. The van der Waals surface area contributed by atoms with E-state index in [0.717, 1.165) is 26.1 Å². The average molecular weight is 329 g/mol. The second-order valence-corrected chi connectivity index (χ2v) is 7.32. The van der Waals surface area contributed by atoms with Crippen molar-refractivity contribution in [3.8, 4) is 0 Å². The number of nitrogens with zero attached hydrogens (tertiary/aromatic N) is 2. The quantitative estimate of drug-likeness (QED) is 0.900. The Morgan fingerprint density at radius 2 is 2.04 bits per heavy atom.